The van der Waals surface area contributed by atoms with E-state index in [1.807, 2.05) is 0 Å². The lowest BCUT2D eigenvalue weighted by Crippen LogP contribution is -2.17. The number of rotatable bonds is 10. The number of hydrogen-bond donors (Lipinski definition) is 1. The second-order valence-electron chi connectivity index (χ2n) is 9.46. The van der Waals surface area contributed by atoms with E-state index in [0.29, 0.717) is 38.0 Å². The lowest BCUT2D eigenvalue weighted by atomic mass is 10.2. The van der Waals surface area contributed by atoms with Crippen molar-refractivity contribution in [2.75, 3.05) is 0 Å². The maximum Gasteiger partial charge on any atom is 0.343 e. The van der Waals surface area contributed by atoms with Crippen LogP contribution < -0.4 is 19.6 Å². The molecule has 0 aliphatic heterocycles. The molecule has 0 heterocycles. The second-order valence-corrected chi connectivity index (χ2v) is 10.3. The maximum atomic E-state index is 12.8. The largest absolute Gasteiger partial charge is 0.489 e. The summed E-state index contributed by atoms with van der Waals surface area (Å²) in [6.45, 7) is 0.229. The van der Waals surface area contributed by atoms with Gasteiger partial charge in [-0.1, -0.05) is 65.7 Å². The van der Waals surface area contributed by atoms with Crippen LogP contribution in [0.1, 0.15) is 42.2 Å². The molecule has 0 aromatic heterocycles. The van der Waals surface area contributed by atoms with E-state index in [-0.39, 0.29) is 18.1 Å². The highest BCUT2D eigenvalue weighted by molar-refractivity contribution is 6.35. The summed E-state index contributed by atoms with van der Waals surface area (Å²) in [4.78, 5) is 38.1. The summed E-state index contributed by atoms with van der Waals surface area (Å²) < 4.78 is 16.9. The van der Waals surface area contributed by atoms with E-state index in [4.69, 9.17) is 37.4 Å². The van der Waals surface area contributed by atoms with Crippen LogP contribution in [0, 0.1) is 0 Å². The zero-order valence-corrected chi connectivity index (χ0v) is 25.0. The number of carbonyl (C=O) groups excluding carboxylic acids is 3. The topological polar surface area (TPSA) is 103 Å². The lowest BCUT2D eigenvalue weighted by Gasteiger charge is -2.11. The first-order valence-electron chi connectivity index (χ1n) is 13.5. The highest BCUT2D eigenvalue weighted by Gasteiger charge is 2.15. The number of nitrogens with one attached hydrogen (secondary N) is 1. The van der Waals surface area contributed by atoms with Crippen LogP contribution in [0.3, 0.4) is 0 Å². The van der Waals surface area contributed by atoms with Gasteiger partial charge in [0.25, 0.3) is 5.91 Å². The van der Waals surface area contributed by atoms with Crippen LogP contribution in [0.4, 0.5) is 0 Å². The van der Waals surface area contributed by atoms with E-state index < -0.39 is 17.8 Å². The molecule has 5 aromatic rings. The molecule has 1 N–H and O–H groups in total. The molecule has 0 atom stereocenters. The highest BCUT2D eigenvalue weighted by atomic mass is 35.5. The molecular weight excluding hydrogens is 615 g/mol. The average molecular weight is 639 g/mol. The van der Waals surface area contributed by atoms with Gasteiger partial charge in [-0.25, -0.2) is 15.0 Å². The van der Waals surface area contributed by atoms with E-state index in [0.717, 1.165) is 5.56 Å². The zero-order valence-electron chi connectivity index (χ0n) is 23.5. The van der Waals surface area contributed by atoms with Crippen LogP contribution in [0.25, 0.3) is 0 Å². The van der Waals surface area contributed by atoms with Crippen LogP contribution in [-0.4, -0.2) is 24.1 Å². The van der Waals surface area contributed by atoms with Crippen molar-refractivity contribution in [2.45, 2.75) is 6.61 Å². The lowest BCUT2D eigenvalue weighted by molar-refractivity contribution is 0.0732. The van der Waals surface area contributed by atoms with Gasteiger partial charge in [-0.05, 0) is 72.8 Å². The van der Waals surface area contributed by atoms with Crippen LogP contribution in [0.15, 0.2) is 126 Å². The number of esters is 2. The van der Waals surface area contributed by atoms with Crippen molar-refractivity contribution in [1.82, 2.24) is 5.43 Å². The molecule has 5 aromatic carbocycles. The van der Waals surface area contributed by atoms with E-state index in [1.165, 1.54) is 18.3 Å². The smallest absolute Gasteiger partial charge is 0.343 e. The quantitative estimate of drug-likeness (QED) is 0.0725. The molecule has 224 valence electrons. The predicted octanol–water partition coefficient (Wildman–Crippen LogP) is 7.77. The molecule has 45 heavy (non-hydrogen) atoms. The van der Waals surface area contributed by atoms with Crippen molar-refractivity contribution >= 4 is 47.3 Å². The van der Waals surface area contributed by atoms with Gasteiger partial charge in [0.15, 0.2) is 0 Å². The average Bonchev–Trinajstić information content (AvgIpc) is 3.06. The minimum absolute atomic E-state index is 0.0718. The third kappa shape index (κ3) is 8.57. The Labute approximate surface area is 268 Å². The molecule has 0 unspecified atom stereocenters. The second kappa shape index (κ2) is 14.8. The first kappa shape index (κ1) is 31.0. The number of ether oxygens (including phenoxy) is 3. The maximum absolute atomic E-state index is 12.8. The zero-order chi connectivity index (χ0) is 31.6. The van der Waals surface area contributed by atoms with Gasteiger partial charge in [0.1, 0.15) is 23.9 Å². The molecule has 1 amide bonds. The van der Waals surface area contributed by atoms with Crippen molar-refractivity contribution < 1.29 is 28.6 Å². The molecule has 5 rings (SSSR count). The van der Waals surface area contributed by atoms with Gasteiger partial charge in [-0.15, -0.1) is 0 Å². The fourth-order valence-electron chi connectivity index (χ4n) is 3.97. The molecular formula is C35H24Cl2N2O6. The van der Waals surface area contributed by atoms with E-state index in [9.17, 15) is 14.4 Å². The van der Waals surface area contributed by atoms with E-state index in [1.54, 1.807) is 109 Å². The number of amides is 1. The van der Waals surface area contributed by atoms with E-state index >= 15 is 0 Å². The Morgan fingerprint density at radius 1 is 0.667 bits per heavy atom. The summed E-state index contributed by atoms with van der Waals surface area (Å²) in [6.07, 6.45) is 1.32. The number of hydrazone groups is 1. The highest BCUT2D eigenvalue weighted by Crippen LogP contribution is 2.26. The molecule has 8 nitrogen and oxygen atoms in total. The van der Waals surface area contributed by atoms with Crippen molar-refractivity contribution in [3.05, 3.63) is 159 Å². The monoisotopic (exact) mass is 638 g/mol. The summed E-state index contributed by atoms with van der Waals surface area (Å²) in [5.74, 6) is -0.908. The van der Waals surface area contributed by atoms with Gasteiger partial charge in [0, 0.05) is 32.8 Å². The third-order valence-electron chi connectivity index (χ3n) is 6.31. The van der Waals surface area contributed by atoms with Gasteiger partial charge in [-0.2, -0.15) is 5.10 Å². The molecule has 0 fully saturated rings. The fourth-order valence-corrected chi connectivity index (χ4v) is 4.44. The molecule has 0 spiro atoms. The summed E-state index contributed by atoms with van der Waals surface area (Å²) in [5, 5.41) is 5.06. The number of benzene rings is 5. The molecule has 0 aliphatic rings. The molecule has 10 heteroatoms. The van der Waals surface area contributed by atoms with Crippen LogP contribution in [-0.2, 0) is 6.61 Å². The number of hydrogen-bond acceptors (Lipinski definition) is 7. The van der Waals surface area contributed by atoms with Gasteiger partial charge in [-0.3, -0.25) is 4.79 Å². The predicted molar refractivity (Wildman–Crippen MR) is 172 cm³/mol. The van der Waals surface area contributed by atoms with Gasteiger partial charge >= 0.3 is 11.9 Å². The first-order valence-corrected chi connectivity index (χ1v) is 14.3. The Balaban J connectivity index is 1.26. The normalized spacial score (nSPS) is 10.7. The Hall–Kier alpha value is -5.44. The fraction of sp³-hybridized carbons (Fsp3) is 0.0286. The standard InChI is InChI=1S/C35H24Cl2N2O6/c36-28-15-11-27(31(37)19-28)22-43-29-16-12-23(13-17-29)33(40)39-38-21-26-14-18-30(44-34(41)24-7-3-1-4-8-24)20-32(26)45-35(42)25-9-5-2-6-10-25/h1-21H,22H2,(H,39,40)/b38-21+. The van der Waals surface area contributed by atoms with Crippen molar-refractivity contribution in [3.8, 4) is 17.2 Å². The summed E-state index contributed by atoms with van der Waals surface area (Å²) in [7, 11) is 0. The number of carbonyl (C=O) groups is 3. The van der Waals surface area contributed by atoms with Crippen molar-refractivity contribution in [3.63, 3.8) is 0 Å². The SMILES string of the molecule is O=C(N/N=C/c1ccc(OC(=O)c2ccccc2)cc1OC(=O)c1ccccc1)c1ccc(OCc2ccc(Cl)cc2Cl)cc1. The van der Waals surface area contributed by atoms with E-state index in [2.05, 4.69) is 10.5 Å². The first-order chi connectivity index (χ1) is 21.9. The Kier molecular flexibility index (Phi) is 10.2. The Morgan fingerprint density at radius 2 is 1.29 bits per heavy atom. The van der Waals surface area contributed by atoms with Crippen molar-refractivity contribution in [1.29, 1.82) is 0 Å². The summed E-state index contributed by atoms with van der Waals surface area (Å²) in [5.41, 5.74) is 4.59. The van der Waals surface area contributed by atoms with Crippen LogP contribution >= 0.6 is 23.2 Å². The van der Waals surface area contributed by atoms with Crippen LogP contribution in [0.5, 0.6) is 17.2 Å². The molecule has 0 saturated heterocycles. The van der Waals surface area contributed by atoms with Crippen LogP contribution in [0.2, 0.25) is 10.0 Å². The van der Waals surface area contributed by atoms with Gasteiger partial charge in [0.2, 0.25) is 0 Å². The van der Waals surface area contributed by atoms with Gasteiger partial charge in [0.05, 0.1) is 17.3 Å². The third-order valence-corrected chi connectivity index (χ3v) is 6.90. The minimum atomic E-state index is -0.624. The molecule has 0 aliphatic carbocycles. The number of halogens is 2. The summed E-state index contributed by atoms with van der Waals surface area (Å²) >= 11 is 12.1. The summed E-state index contributed by atoms with van der Waals surface area (Å²) in [6, 6.07) is 33.0. The van der Waals surface area contributed by atoms with Crippen molar-refractivity contribution in [2.24, 2.45) is 5.10 Å². The molecule has 0 radical (unpaired) electrons. The Morgan fingerprint density at radius 3 is 1.93 bits per heavy atom. The number of nitrogens with zero attached hydrogens (tertiary/aromatic N) is 1. The van der Waals surface area contributed by atoms with Gasteiger partial charge < -0.3 is 14.2 Å². The minimum Gasteiger partial charge on any atom is -0.489 e. The molecule has 0 bridgehead atoms. The Bertz CT molecular complexity index is 1850. The molecule has 0 saturated carbocycles.